The predicted molar refractivity (Wildman–Crippen MR) is 122 cm³/mol. The van der Waals surface area contributed by atoms with E-state index in [1.165, 1.54) is 0 Å². The van der Waals surface area contributed by atoms with E-state index in [0.717, 1.165) is 32.5 Å². The van der Waals surface area contributed by atoms with Gasteiger partial charge in [0.05, 0.1) is 6.10 Å². The summed E-state index contributed by atoms with van der Waals surface area (Å²) in [6.45, 7) is 21.4. The molecule has 8 heteroatoms. The zero-order valence-corrected chi connectivity index (χ0v) is 20.2. The quantitative estimate of drug-likeness (QED) is 0.201. The Labute approximate surface area is 183 Å². The summed E-state index contributed by atoms with van der Waals surface area (Å²) in [6, 6.07) is 0. The van der Waals surface area contributed by atoms with E-state index in [0.29, 0.717) is 31.4 Å². The molecule has 5 N–H and O–H groups in total. The molecule has 178 valence electrons. The van der Waals surface area contributed by atoms with Crippen LogP contribution in [-0.4, -0.2) is 67.8 Å². The highest BCUT2D eigenvalue weighted by Gasteiger charge is 2.16. The van der Waals surface area contributed by atoms with Crippen LogP contribution in [0.25, 0.3) is 0 Å². The van der Waals surface area contributed by atoms with Crippen molar-refractivity contribution < 1.29 is 19.4 Å². The number of carbonyl (C=O) groups excluding carboxylic acids is 1. The van der Waals surface area contributed by atoms with E-state index in [1.807, 2.05) is 41.5 Å². The zero-order valence-electron chi connectivity index (χ0n) is 20.2. The van der Waals surface area contributed by atoms with Crippen LogP contribution in [0.1, 0.15) is 61.3 Å². The maximum Gasteiger partial charge on any atom is 0.407 e. The van der Waals surface area contributed by atoms with Crippen LogP contribution >= 0.6 is 0 Å². The zero-order chi connectivity index (χ0) is 23.2. The summed E-state index contributed by atoms with van der Waals surface area (Å²) < 4.78 is 10.8. The van der Waals surface area contributed by atoms with Crippen LogP contribution in [0.15, 0.2) is 12.5 Å². The molecule has 0 heterocycles. The molecule has 0 bridgehead atoms. The first-order valence-electron chi connectivity index (χ1n) is 11.0. The van der Waals surface area contributed by atoms with Gasteiger partial charge in [0.15, 0.2) is 5.88 Å². The van der Waals surface area contributed by atoms with Crippen molar-refractivity contribution in [3.8, 4) is 0 Å². The molecule has 0 aliphatic heterocycles. The van der Waals surface area contributed by atoms with E-state index < -0.39 is 11.7 Å². The van der Waals surface area contributed by atoms with Crippen LogP contribution in [0.2, 0.25) is 0 Å². The maximum atomic E-state index is 11.6. The van der Waals surface area contributed by atoms with E-state index >= 15 is 0 Å². The third-order valence-corrected chi connectivity index (χ3v) is 3.79. The number of carbonyl (C=O) groups is 1. The minimum absolute atomic E-state index is 0.298. The summed E-state index contributed by atoms with van der Waals surface area (Å²) in [5.74, 6) is 0.804. The Morgan fingerprint density at radius 2 is 1.40 bits per heavy atom. The van der Waals surface area contributed by atoms with Crippen LogP contribution < -0.4 is 21.3 Å². The SMILES string of the molecule is C=C(NCC(O)CNCCCCNCC(C)CNC(=O)OC(C)(C)C)OC(C)(C)C. The second kappa shape index (κ2) is 14.5. The van der Waals surface area contributed by atoms with Gasteiger partial charge < -0.3 is 35.8 Å². The van der Waals surface area contributed by atoms with Crippen molar-refractivity contribution in [3.63, 3.8) is 0 Å². The minimum Gasteiger partial charge on any atom is -0.474 e. The predicted octanol–water partition coefficient (Wildman–Crippen LogP) is 2.34. The Balaban J connectivity index is 3.56. The van der Waals surface area contributed by atoms with E-state index in [1.54, 1.807) is 0 Å². The van der Waals surface area contributed by atoms with Gasteiger partial charge in [-0.05, 0) is 86.5 Å². The van der Waals surface area contributed by atoms with Crippen LogP contribution in [0.5, 0.6) is 0 Å². The summed E-state index contributed by atoms with van der Waals surface area (Å²) in [4.78, 5) is 11.6. The molecule has 0 aromatic heterocycles. The Morgan fingerprint density at radius 1 is 0.867 bits per heavy atom. The second-order valence-electron chi connectivity index (χ2n) is 9.78. The maximum absolute atomic E-state index is 11.6. The molecular formula is C22H46N4O4. The average molecular weight is 431 g/mol. The van der Waals surface area contributed by atoms with Crippen LogP contribution in [0.4, 0.5) is 4.79 Å². The van der Waals surface area contributed by atoms with E-state index in [9.17, 15) is 9.90 Å². The third-order valence-electron chi connectivity index (χ3n) is 3.79. The minimum atomic E-state index is -0.498. The number of ether oxygens (including phenoxy) is 2. The fraction of sp³-hybridized carbons (Fsp3) is 0.864. The third kappa shape index (κ3) is 19.8. The molecule has 0 aliphatic carbocycles. The van der Waals surface area contributed by atoms with Crippen LogP contribution in [0.3, 0.4) is 0 Å². The summed E-state index contributed by atoms with van der Waals surface area (Å²) in [5, 5.41) is 22.4. The lowest BCUT2D eigenvalue weighted by atomic mass is 10.2. The van der Waals surface area contributed by atoms with Gasteiger partial charge >= 0.3 is 6.09 Å². The molecule has 0 aromatic rings. The van der Waals surface area contributed by atoms with Crippen molar-refractivity contribution in [1.82, 2.24) is 21.3 Å². The lowest BCUT2D eigenvalue weighted by Crippen LogP contribution is -2.37. The van der Waals surface area contributed by atoms with Crippen molar-refractivity contribution in [3.05, 3.63) is 12.5 Å². The van der Waals surface area contributed by atoms with E-state index in [2.05, 4.69) is 34.8 Å². The lowest BCUT2D eigenvalue weighted by molar-refractivity contribution is 0.0373. The average Bonchev–Trinajstić information content (AvgIpc) is 2.57. The van der Waals surface area contributed by atoms with Gasteiger partial charge in [-0.25, -0.2) is 4.79 Å². The van der Waals surface area contributed by atoms with E-state index in [4.69, 9.17) is 9.47 Å². The van der Waals surface area contributed by atoms with Gasteiger partial charge in [0.1, 0.15) is 11.2 Å². The van der Waals surface area contributed by atoms with Crippen LogP contribution in [-0.2, 0) is 9.47 Å². The van der Waals surface area contributed by atoms with Crippen LogP contribution in [0, 0.1) is 5.92 Å². The number of amides is 1. The molecular weight excluding hydrogens is 384 g/mol. The highest BCUT2D eigenvalue weighted by atomic mass is 16.6. The molecule has 1 amide bonds. The van der Waals surface area contributed by atoms with Crippen molar-refractivity contribution in [2.75, 3.05) is 39.3 Å². The highest BCUT2D eigenvalue weighted by molar-refractivity contribution is 5.67. The molecule has 0 spiro atoms. The Bertz CT molecular complexity index is 443. The smallest absolute Gasteiger partial charge is 0.407 e. The number of alkyl carbamates (subject to hydrolysis) is 1. The first-order chi connectivity index (χ1) is 13.8. The molecule has 0 rings (SSSR count). The Morgan fingerprint density at radius 3 is 1.93 bits per heavy atom. The molecule has 0 fully saturated rings. The molecule has 2 unspecified atom stereocenters. The summed E-state index contributed by atoms with van der Waals surface area (Å²) in [5.41, 5.74) is -0.769. The molecule has 0 aromatic carbocycles. The van der Waals surface area contributed by atoms with E-state index in [-0.39, 0.29) is 11.7 Å². The standard InChI is InChI=1S/C22H46N4O4/c1-17(14-26-20(28)30-22(6,7)8)13-23-11-9-10-12-24-15-19(27)16-25-18(2)29-21(3,4)5/h17,19,23-25,27H,2,9-16H2,1,3-8H3,(H,26,28). The lowest BCUT2D eigenvalue weighted by Gasteiger charge is -2.24. The molecule has 0 radical (unpaired) electrons. The van der Waals surface area contributed by atoms with Crippen molar-refractivity contribution in [2.45, 2.75) is 78.6 Å². The van der Waals surface area contributed by atoms with Gasteiger partial charge in [-0.15, -0.1) is 0 Å². The van der Waals surface area contributed by atoms with Gasteiger partial charge in [0.25, 0.3) is 0 Å². The van der Waals surface area contributed by atoms with Gasteiger partial charge in [-0.2, -0.15) is 0 Å². The largest absolute Gasteiger partial charge is 0.474 e. The normalized spacial score (nSPS) is 14.0. The monoisotopic (exact) mass is 430 g/mol. The number of nitrogens with one attached hydrogen (secondary N) is 4. The van der Waals surface area contributed by atoms with Gasteiger partial charge in [0, 0.05) is 19.6 Å². The first-order valence-corrected chi connectivity index (χ1v) is 11.0. The topological polar surface area (TPSA) is 104 Å². The number of aliphatic hydroxyl groups excluding tert-OH is 1. The molecule has 2 atom stereocenters. The second-order valence-corrected chi connectivity index (χ2v) is 9.78. The van der Waals surface area contributed by atoms with Gasteiger partial charge in [-0.3, -0.25) is 0 Å². The fourth-order valence-corrected chi connectivity index (χ4v) is 2.47. The number of aliphatic hydroxyl groups is 1. The van der Waals surface area contributed by atoms with Crippen molar-refractivity contribution >= 4 is 6.09 Å². The molecule has 0 saturated heterocycles. The van der Waals surface area contributed by atoms with Gasteiger partial charge in [-0.1, -0.05) is 6.92 Å². The van der Waals surface area contributed by atoms with Gasteiger partial charge in [0.2, 0.25) is 0 Å². The molecule has 8 nitrogen and oxygen atoms in total. The summed E-state index contributed by atoms with van der Waals surface area (Å²) in [7, 11) is 0. The van der Waals surface area contributed by atoms with Crippen molar-refractivity contribution in [2.24, 2.45) is 5.92 Å². The fourth-order valence-electron chi connectivity index (χ4n) is 2.47. The number of hydrogen-bond donors (Lipinski definition) is 5. The number of hydrogen-bond acceptors (Lipinski definition) is 7. The molecule has 0 saturated carbocycles. The molecule has 30 heavy (non-hydrogen) atoms. The first kappa shape index (κ1) is 28.5. The number of rotatable bonds is 15. The Kier molecular flexibility index (Phi) is 13.8. The Hall–Kier alpha value is -1.51. The molecule has 0 aliphatic rings. The van der Waals surface area contributed by atoms with Crippen molar-refractivity contribution in [1.29, 1.82) is 0 Å². The highest BCUT2D eigenvalue weighted by Crippen LogP contribution is 2.10. The summed E-state index contributed by atoms with van der Waals surface area (Å²) >= 11 is 0. The summed E-state index contributed by atoms with van der Waals surface area (Å²) in [6.07, 6.45) is 1.20. The number of unbranched alkanes of at least 4 members (excludes halogenated alkanes) is 1.